The molecule has 1 aromatic carbocycles. The SMILES string of the molecule is CC(C)c1cc(Cl)n(Cc2ccccc2Br)n1. The van der Waals surface area contributed by atoms with Crippen LogP contribution in [0.4, 0.5) is 0 Å². The highest BCUT2D eigenvalue weighted by molar-refractivity contribution is 9.10. The van der Waals surface area contributed by atoms with E-state index in [-0.39, 0.29) is 0 Å². The molecule has 0 unspecified atom stereocenters. The van der Waals surface area contributed by atoms with Crippen LogP contribution in [0.15, 0.2) is 34.8 Å². The molecule has 0 radical (unpaired) electrons. The van der Waals surface area contributed by atoms with Crippen molar-refractivity contribution in [2.45, 2.75) is 26.3 Å². The fourth-order valence-electron chi connectivity index (χ4n) is 1.59. The molecular formula is C13H14BrClN2. The van der Waals surface area contributed by atoms with Crippen molar-refractivity contribution in [1.82, 2.24) is 9.78 Å². The molecule has 90 valence electrons. The summed E-state index contributed by atoms with van der Waals surface area (Å²) in [5.41, 5.74) is 2.20. The number of nitrogens with zero attached hydrogens (tertiary/aromatic N) is 2. The Kier molecular flexibility index (Phi) is 3.89. The molecule has 4 heteroatoms. The van der Waals surface area contributed by atoms with Gasteiger partial charge in [-0.2, -0.15) is 5.10 Å². The molecule has 0 N–H and O–H groups in total. The Balaban J connectivity index is 2.27. The predicted molar refractivity (Wildman–Crippen MR) is 74.6 cm³/mol. The fourth-order valence-corrected chi connectivity index (χ4v) is 2.21. The normalized spacial score (nSPS) is 11.1. The van der Waals surface area contributed by atoms with Crippen LogP contribution in [0.25, 0.3) is 0 Å². The van der Waals surface area contributed by atoms with Crippen molar-refractivity contribution in [2.24, 2.45) is 0 Å². The van der Waals surface area contributed by atoms with Crippen molar-refractivity contribution in [2.75, 3.05) is 0 Å². The van der Waals surface area contributed by atoms with E-state index in [1.54, 1.807) is 0 Å². The van der Waals surface area contributed by atoms with Gasteiger partial charge in [0.25, 0.3) is 0 Å². The Hall–Kier alpha value is -0.800. The molecule has 2 nitrogen and oxygen atoms in total. The fraction of sp³-hybridized carbons (Fsp3) is 0.308. The van der Waals surface area contributed by atoms with Crippen LogP contribution in [0.3, 0.4) is 0 Å². The van der Waals surface area contributed by atoms with Gasteiger partial charge in [-0.15, -0.1) is 0 Å². The summed E-state index contributed by atoms with van der Waals surface area (Å²) < 4.78 is 2.91. The lowest BCUT2D eigenvalue weighted by Crippen LogP contribution is -2.03. The first-order chi connectivity index (χ1) is 8.08. The molecule has 2 rings (SSSR count). The van der Waals surface area contributed by atoms with Crippen molar-refractivity contribution in [1.29, 1.82) is 0 Å². The smallest absolute Gasteiger partial charge is 0.127 e. The van der Waals surface area contributed by atoms with E-state index in [4.69, 9.17) is 11.6 Å². The summed E-state index contributed by atoms with van der Waals surface area (Å²) >= 11 is 9.71. The molecule has 0 aliphatic heterocycles. The number of rotatable bonds is 3. The van der Waals surface area contributed by atoms with E-state index in [9.17, 15) is 0 Å². The first-order valence-corrected chi connectivity index (χ1v) is 6.71. The zero-order valence-corrected chi connectivity index (χ0v) is 12.2. The third-order valence-corrected chi connectivity index (χ3v) is 3.70. The maximum atomic E-state index is 6.18. The molecule has 0 bridgehead atoms. The lowest BCUT2D eigenvalue weighted by Gasteiger charge is -2.05. The van der Waals surface area contributed by atoms with Crippen LogP contribution < -0.4 is 0 Å². The van der Waals surface area contributed by atoms with E-state index >= 15 is 0 Å². The molecule has 1 heterocycles. The van der Waals surface area contributed by atoms with E-state index in [1.165, 1.54) is 5.56 Å². The lowest BCUT2D eigenvalue weighted by atomic mass is 10.1. The van der Waals surface area contributed by atoms with E-state index in [0.29, 0.717) is 17.6 Å². The van der Waals surface area contributed by atoms with Crippen LogP contribution >= 0.6 is 27.5 Å². The van der Waals surface area contributed by atoms with E-state index in [0.717, 1.165) is 10.2 Å². The maximum absolute atomic E-state index is 6.18. The molecule has 0 atom stereocenters. The molecule has 2 aromatic rings. The first-order valence-electron chi connectivity index (χ1n) is 5.54. The molecule has 0 spiro atoms. The number of halogens is 2. The third-order valence-electron chi connectivity index (χ3n) is 2.62. The van der Waals surface area contributed by atoms with Crippen molar-refractivity contribution >= 4 is 27.5 Å². The van der Waals surface area contributed by atoms with Gasteiger partial charge in [0.05, 0.1) is 12.2 Å². The summed E-state index contributed by atoms with van der Waals surface area (Å²) in [6.07, 6.45) is 0. The summed E-state index contributed by atoms with van der Waals surface area (Å²) in [4.78, 5) is 0. The predicted octanol–water partition coefficient (Wildman–Crippen LogP) is 4.47. The van der Waals surface area contributed by atoms with Crippen molar-refractivity contribution < 1.29 is 0 Å². The zero-order valence-electron chi connectivity index (χ0n) is 9.82. The second-order valence-electron chi connectivity index (χ2n) is 4.30. The number of benzene rings is 1. The quantitative estimate of drug-likeness (QED) is 0.817. The molecular weight excluding hydrogens is 300 g/mol. The topological polar surface area (TPSA) is 17.8 Å². The average Bonchev–Trinajstić information content (AvgIpc) is 2.64. The minimum Gasteiger partial charge on any atom is -0.249 e. The van der Waals surface area contributed by atoms with E-state index < -0.39 is 0 Å². The second kappa shape index (κ2) is 5.23. The average molecular weight is 314 g/mol. The molecule has 0 amide bonds. The Bertz CT molecular complexity index is 520. The minimum absolute atomic E-state index is 0.396. The maximum Gasteiger partial charge on any atom is 0.127 e. The minimum atomic E-state index is 0.396. The summed E-state index contributed by atoms with van der Waals surface area (Å²) in [7, 11) is 0. The summed E-state index contributed by atoms with van der Waals surface area (Å²) in [6.45, 7) is 4.91. The van der Waals surface area contributed by atoms with Crippen LogP contribution in [0, 0.1) is 0 Å². The Labute approximate surface area is 115 Å². The van der Waals surface area contributed by atoms with Crippen molar-refractivity contribution in [3.8, 4) is 0 Å². The van der Waals surface area contributed by atoms with Gasteiger partial charge in [-0.05, 0) is 23.6 Å². The van der Waals surface area contributed by atoms with Crippen molar-refractivity contribution in [3.63, 3.8) is 0 Å². The van der Waals surface area contributed by atoms with Gasteiger partial charge in [-0.1, -0.05) is 59.6 Å². The molecule has 0 saturated carbocycles. The van der Waals surface area contributed by atoms with Crippen LogP contribution in [0.5, 0.6) is 0 Å². The Morgan fingerprint density at radius 2 is 2.06 bits per heavy atom. The third kappa shape index (κ3) is 2.90. The molecule has 1 aromatic heterocycles. The van der Waals surface area contributed by atoms with E-state index in [2.05, 4.69) is 40.9 Å². The van der Waals surface area contributed by atoms with Gasteiger partial charge in [0.15, 0.2) is 0 Å². The standard InChI is InChI=1S/C13H14BrClN2/c1-9(2)12-7-13(15)17(16-12)8-10-5-3-4-6-11(10)14/h3-7,9H,8H2,1-2H3. The van der Waals surface area contributed by atoms with Crippen LogP contribution in [-0.2, 0) is 6.54 Å². The molecule has 0 saturated heterocycles. The van der Waals surface area contributed by atoms with Gasteiger partial charge < -0.3 is 0 Å². The Morgan fingerprint density at radius 3 is 2.65 bits per heavy atom. The van der Waals surface area contributed by atoms with Gasteiger partial charge >= 0.3 is 0 Å². The highest BCUT2D eigenvalue weighted by Gasteiger charge is 2.10. The monoisotopic (exact) mass is 312 g/mol. The van der Waals surface area contributed by atoms with Crippen LogP contribution in [-0.4, -0.2) is 9.78 Å². The molecule has 0 aliphatic carbocycles. The van der Waals surface area contributed by atoms with Gasteiger partial charge in [0, 0.05) is 4.47 Å². The largest absolute Gasteiger partial charge is 0.249 e. The second-order valence-corrected chi connectivity index (χ2v) is 5.54. The van der Waals surface area contributed by atoms with Gasteiger partial charge in [0.1, 0.15) is 5.15 Å². The van der Waals surface area contributed by atoms with Crippen LogP contribution in [0.2, 0.25) is 5.15 Å². The number of aromatic nitrogens is 2. The van der Waals surface area contributed by atoms with Crippen LogP contribution in [0.1, 0.15) is 31.0 Å². The molecule has 0 aliphatic rings. The Morgan fingerprint density at radius 1 is 1.35 bits per heavy atom. The summed E-state index contributed by atoms with van der Waals surface area (Å²) in [6, 6.07) is 10.0. The zero-order chi connectivity index (χ0) is 12.4. The van der Waals surface area contributed by atoms with Crippen molar-refractivity contribution in [3.05, 3.63) is 51.2 Å². The lowest BCUT2D eigenvalue weighted by molar-refractivity contribution is 0.656. The van der Waals surface area contributed by atoms with Gasteiger partial charge in [-0.3, -0.25) is 0 Å². The molecule has 0 fully saturated rings. The van der Waals surface area contributed by atoms with E-state index in [1.807, 2.05) is 28.9 Å². The van der Waals surface area contributed by atoms with Gasteiger partial charge in [0.2, 0.25) is 0 Å². The first kappa shape index (κ1) is 12.7. The molecule has 17 heavy (non-hydrogen) atoms. The summed E-state index contributed by atoms with van der Waals surface area (Å²) in [5, 5.41) is 5.19. The van der Waals surface area contributed by atoms with Gasteiger partial charge in [-0.25, -0.2) is 4.68 Å². The number of hydrogen-bond donors (Lipinski definition) is 0. The summed E-state index contributed by atoms with van der Waals surface area (Å²) in [5.74, 6) is 0.396. The highest BCUT2D eigenvalue weighted by Crippen LogP contribution is 2.22. The number of hydrogen-bond acceptors (Lipinski definition) is 1. The highest BCUT2D eigenvalue weighted by atomic mass is 79.9.